The first-order valence-electron chi connectivity index (χ1n) is 10.7. The average molecular weight is 404 g/mol. The van der Waals surface area contributed by atoms with Gasteiger partial charge in [-0.3, -0.25) is 10.1 Å². The van der Waals surface area contributed by atoms with E-state index in [2.05, 4.69) is 42.9 Å². The standard InChI is InChI=1S/C25H29N3O2/c1-18-16-19(2)21(20(3)17-18)12-15-26-13-6-7-14-27(26)24-10-11-25(28(29)30)23-9-5-4-8-22(23)24/h4-5,8-11,16-17H,6-7,12-15H2,1-3H3. The number of nitrogens with zero attached hydrogens (tertiary/aromatic N) is 3. The summed E-state index contributed by atoms with van der Waals surface area (Å²) >= 11 is 0. The third-order valence-corrected chi connectivity index (χ3v) is 6.19. The van der Waals surface area contributed by atoms with Gasteiger partial charge in [0.2, 0.25) is 0 Å². The molecular weight excluding hydrogens is 374 g/mol. The van der Waals surface area contributed by atoms with Crippen molar-refractivity contribution in [1.82, 2.24) is 5.01 Å². The summed E-state index contributed by atoms with van der Waals surface area (Å²) in [5, 5.41) is 17.9. The van der Waals surface area contributed by atoms with E-state index in [1.165, 1.54) is 28.7 Å². The summed E-state index contributed by atoms with van der Waals surface area (Å²) in [7, 11) is 0. The van der Waals surface area contributed by atoms with E-state index in [0.717, 1.165) is 43.5 Å². The van der Waals surface area contributed by atoms with Crippen molar-refractivity contribution in [2.24, 2.45) is 0 Å². The van der Waals surface area contributed by atoms with Crippen LogP contribution in [0.1, 0.15) is 35.1 Å². The van der Waals surface area contributed by atoms with Crippen LogP contribution in [0.25, 0.3) is 10.8 Å². The van der Waals surface area contributed by atoms with Crippen LogP contribution in [-0.4, -0.2) is 29.6 Å². The lowest BCUT2D eigenvalue weighted by atomic mass is 9.97. The molecule has 0 N–H and O–H groups in total. The zero-order valence-electron chi connectivity index (χ0n) is 18.0. The number of nitro benzene ring substituents is 1. The number of rotatable bonds is 5. The van der Waals surface area contributed by atoms with Crippen LogP contribution in [-0.2, 0) is 6.42 Å². The van der Waals surface area contributed by atoms with Gasteiger partial charge in [-0.1, -0.05) is 35.9 Å². The molecule has 0 unspecified atom stereocenters. The molecule has 0 atom stereocenters. The van der Waals surface area contributed by atoms with Crippen LogP contribution in [0.4, 0.5) is 11.4 Å². The van der Waals surface area contributed by atoms with E-state index < -0.39 is 0 Å². The molecule has 0 saturated carbocycles. The fourth-order valence-electron chi connectivity index (χ4n) is 4.82. The Hall–Kier alpha value is -2.92. The second-order valence-corrected chi connectivity index (χ2v) is 8.32. The van der Waals surface area contributed by atoms with Gasteiger partial charge in [-0.15, -0.1) is 0 Å². The van der Waals surface area contributed by atoms with Gasteiger partial charge < -0.3 is 5.01 Å². The Kier molecular flexibility index (Phi) is 5.73. The van der Waals surface area contributed by atoms with Gasteiger partial charge in [-0.2, -0.15) is 0 Å². The first-order chi connectivity index (χ1) is 14.5. The Balaban J connectivity index is 1.65. The van der Waals surface area contributed by atoms with Gasteiger partial charge in [-0.25, -0.2) is 5.01 Å². The summed E-state index contributed by atoms with van der Waals surface area (Å²) in [6.45, 7) is 9.44. The van der Waals surface area contributed by atoms with E-state index in [9.17, 15) is 10.1 Å². The zero-order chi connectivity index (χ0) is 21.3. The van der Waals surface area contributed by atoms with Gasteiger partial charge in [0.1, 0.15) is 0 Å². The molecule has 0 amide bonds. The van der Waals surface area contributed by atoms with Crippen molar-refractivity contribution in [1.29, 1.82) is 0 Å². The number of benzene rings is 3. The van der Waals surface area contributed by atoms with Gasteiger partial charge in [0.05, 0.1) is 16.0 Å². The number of anilines is 1. The lowest BCUT2D eigenvalue weighted by Gasteiger charge is -2.41. The third-order valence-electron chi connectivity index (χ3n) is 6.19. The smallest absolute Gasteiger partial charge is 0.277 e. The molecule has 0 bridgehead atoms. The fourth-order valence-corrected chi connectivity index (χ4v) is 4.82. The van der Waals surface area contributed by atoms with Crippen molar-refractivity contribution in [2.45, 2.75) is 40.0 Å². The van der Waals surface area contributed by atoms with Gasteiger partial charge in [0.15, 0.2) is 0 Å². The number of non-ortho nitro benzene ring substituents is 1. The maximum absolute atomic E-state index is 11.5. The Morgan fingerprint density at radius 1 is 0.933 bits per heavy atom. The molecule has 3 aromatic carbocycles. The number of nitro groups is 1. The monoisotopic (exact) mass is 403 g/mol. The number of fused-ring (bicyclic) bond motifs is 1. The minimum atomic E-state index is -0.289. The fraction of sp³-hybridized carbons (Fsp3) is 0.360. The van der Waals surface area contributed by atoms with E-state index in [4.69, 9.17) is 0 Å². The third kappa shape index (κ3) is 3.90. The normalized spacial score (nSPS) is 15.0. The summed E-state index contributed by atoms with van der Waals surface area (Å²) in [4.78, 5) is 11.2. The lowest BCUT2D eigenvalue weighted by Crippen LogP contribution is -2.48. The molecule has 30 heavy (non-hydrogen) atoms. The van der Waals surface area contributed by atoms with E-state index in [1.807, 2.05) is 30.3 Å². The second-order valence-electron chi connectivity index (χ2n) is 8.32. The van der Waals surface area contributed by atoms with Crippen molar-refractivity contribution >= 4 is 22.1 Å². The molecule has 156 valence electrons. The van der Waals surface area contributed by atoms with E-state index in [-0.39, 0.29) is 10.6 Å². The topological polar surface area (TPSA) is 49.6 Å². The molecule has 0 aromatic heterocycles. The minimum Gasteiger partial charge on any atom is -0.305 e. The van der Waals surface area contributed by atoms with Crippen LogP contribution in [0.5, 0.6) is 0 Å². The minimum absolute atomic E-state index is 0.170. The van der Waals surface area contributed by atoms with Crippen LogP contribution < -0.4 is 5.01 Å². The maximum atomic E-state index is 11.5. The molecule has 3 aromatic rings. The van der Waals surface area contributed by atoms with Gasteiger partial charge in [-0.05, 0) is 68.9 Å². The summed E-state index contributed by atoms with van der Waals surface area (Å²) in [5.41, 5.74) is 6.69. The molecule has 5 heteroatoms. The Bertz CT molecular complexity index is 1070. The number of hydrogen-bond acceptors (Lipinski definition) is 4. The predicted molar refractivity (Wildman–Crippen MR) is 123 cm³/mol. The number of hydrogen-bond donors (Lipinski definition) is 0. The molecule has 1 heterocycles. The highest BCUT2D eigenvalue weighted by Crippen LogP contribution is 2.35. The Labute approximate surface area is 178 Å². The highest BCUT2D eigenvalue weighted by molar-refractivity contribution is 5.99. The second kappa shape index (κ2) is 8.44. The van der Waals surface area contributed by atoms with Crippen LogP contribution >= 0.6 is 0 Å². The quantitative estimate of drug-likeness (QED) is 0.403. The van der Waals surface area contributed by atoms with Crippen LogP contribution in [0, 0.1) is 30.9 Å². The summed E-state index contributed by atoms with van der Waals surface area (Å²) in [6.07, 6.45) is 3.30. The molecule has 1 fully saturated rings. The van der Waals surface area contributed by atoms with E-state index >= 15 is 0 Å². The molecule has 4 rings (SSSR count). The largest absolute Gasteiger partial charge is 0.305 e. The first-order valence-corrected chi connectivity index (χ1v) is 10.7. The van der Waals surface area contributed by atoms with Crippen molar-refractivity contribution < 1.29 is 4.92 Å². The Morgan fingerprint density at radius 3 is 2.30 bits per heavy atom. The van der Waals surface area contributed by atoms with Gasteiger partial charge >= 0.3 is 0 Å². The van der Waals surface area contributed by atoms with Gasteiger partial charge in [0.25, 0.3) is 5.69 Å². The molecule has 0 aliphatic carbocycles. The molecule has 0 spiro atoms. The molecule has 5 nitrogen and oxygen atoms in total. The molecule has 1 aliphatic rings. The first kappa shape index (κ1) is 20.4. The molecule has 0 radical (unpaired) electrons. The predicted octanol–water partition coefficient (Wildman–Crippen LogP) is 5.73. The maximum Gasteiger partial charge on any atom is 0.277 e. The van der Waals surface area contributed by atoms with Crippen molar-refractivity contribution in [3.63, 3.8) is 0 Å². The van der Waals surface area contributed by atoms with Crippen LogP contribution in [0.15, 0.2) is 48.5 Å². The lowest BCUT2D eigenvalue weighted by molar-refractivity contribution is -0.383. The van der Waals surface area contributed by atoms with Crippen molar-refractivity contribution in [3.05, 3.63) is 80.9 Å². The molecule has 1 aliphatic heterocycles. The van der Waals surface area contributed by atoms with Crippen LogP contribution in [0.2, 0.25) is 0 Å². The highest BCUT2D eigenvalue weighted by Gasteiger charge is 2.24. The summed E-state index contributed by atoms with van der Waals surface area (Å²) in [5.74, 6) is 0. The van der Waals surface area contributed by atoms with Gasteiger partial charge in [0, 0.05) is 31.1 Å². The zero-order valence-corrected chi connectivity index (χ0v) is 18.0. The number of hydrazine groups is 1. The number of aryl methyl sites for hydroxylation is 3. The highest BCUT2D eigenvalue weighted by atomic mass is 16.6. The van der Waals surface area contributed by atoms with Crippen LogP contribution in [0.3, 0.4) is 0 Å². The summed E-state index contributed by atoms with van der Waals surface area (Å²) < 4.78 is 0. The summed E-state index contributed by atoms with van der Waals surface area (Å²) in [6, 6.07) is 15.8. The SMILES string of the molecule is Cc1cc(C)c(CCN2CCCCN2c2ccc([N+](=O)[O-])c3ccccc23)c(C)c1. The Morgan fingerprint density at radius 2 is 1.60 bits per heavy atom. The van der Waals surface area contributed by atoms with E-state index in [1.54, 1.807) is 6.07 Å². The molecule has 1 saturated heterocycles. The van der Waals surface area contributed by atoms with E-state index in [0.29, 0.717) is 5.39 Å². The molecular formula is C25H29N3O2. The van der Waals surface area contributed by atoms with Crippen molar-refractivity contribution in [2.75, 3.05) is 24.6 Å². The average Bonchev–Trinajstić information content (AvgIpc) is 2.72. The van der Waals surface area contributed by atoms with Crippen molar-refractivity contribution in [3.8, 4) is 0 Å².